The van der Waals surface area contributed by atoms with Gasteiger partial charge in [-0.1, -0.05) is 39.7 Å². The van der Waals surface area contributed by atoms with Gasteiger partial charge >= 0.3 is 5.97 Å². The summed E-state index contributed by atoms with van der Waals surface area (Å²) in [6.45, 7) is 2.20. The van der Waals surface area contributed by atoms with Crippen molar-refractivity contribution in [2.24, 2.45) is 5.73 Å². The molecular weight excluding hydrogens is 454 g/mol. The van der Waals surface area contributed by atoms with Crippen LogP contribution in [0.2, 0.25) is 5.02 Å². The van der Waals surface area contributed by atoms with Gasteiger partial charge in [-0.3, -0.25) is 0 Å². The summed E-state index contributed by atoms with van der Waals surface area (Å²) in [7, 11) is 0. The molecule has 2 aromatic carbocycles. The largest absolute Gasteiger partial charge is 0.489 e. The molecule has 1 atom stereocenters. The maximum Gasteiger partial charge on any atom is 0.348 e. The van der Waals surface area contributed by atoms with E-state index in [0.717, 1.165) is 10.1 Å². The minimum absolute atomic E-state index is 0.148. The zero-order chi connectivity index (χ0) is 19.6. The molecule has 142 valence electrons. The molecule has 8 heteroatoms. The van der Waals surface area contributed by atoms with E-state index in [0.29, 0.717) is 31.2 Å². The van der Waals surface area contributed by atoms with Crippen molar-refractivity contribution in [1.29, 1.82) is 0 Å². The number of rotatable bonds is 6. The molecule has 1 aromatic heterocycles. The lowest BCUT2D eigenvalue weighted by atomic mass is 10.1. The van der Waals surface area contributed by atoms with Crippen LogP contribution >= 0.6 is 38.9 Å². The van der Waals surface area contributed by atoms with Crippen LogP contribution in [0.1, 0.15) is 34.0 Å². The fourth-order valence-electron chi connectivity index (χ4n) is 2.66. The van der Waals surface area contributed by atoms with Crippen molar-refractivity contribution in [3.8, 4) is 5.75 Å². The first kappa shape index (κ1) is 20.1. The summed E-state index contributed by atoms with van der Waals surface area (Å²) < 4.78 is 12.6. The van der Waals surface area contributed by atoms with Crippen molar-refractivity contribution in [3.63, 3.8) is 0 Å². The predicted octanol–water partition coefficient (Wildman–Crippen LogP) is 5.02. The Kier molecular flexibility index (Phi) is 6.39. The second-order valence-corrected chi connectivity index (χ2v) is 7.97. The fraction of sp³-hybridized carbons (Fsp3) is 0.211. The van der Waals surface area contributed by atoms with Gasteiger partial charge < -0.3 is 20.3 Å². The molecule has 0 aliphatic rings. The second kappa shape index (κ2) is 8.58. The Balaban J connectivity index is 1.95. The SMILES string of the molecule is CCOC(=O)c1sc2cccc(Cl)c2c1COc1ccc(C(N)O)c(Br)c1. The van der Waals surface area contributed by atoms with Crippen molar-refractivity contribution in [3.05, 3.63) is 61.9 Å². The minimum Gasteiger partial charge on any atom is -0.489 e. The molecular formula is C19H17BrClNO4S. The van der Waals surface area contributed by atoms with Crippen LogP contribution < -0.4 is 10.5 Å². The molecule has 27 heavy (non-hydrogen) atoms. The van der Waals surface area contributed by atoms with Crippen LogP contribution in [-0.2, 0) is 11.3 Å². The van der Waals surface area contributed by atoms with E-state index < -0.39 is 12.2 Å². The standard InChI is InChI=1S/C19H17BrClNO4S/c1-2-25-19(24)17-12(16-14(21)4-3-5-15(16)27-17)9-26-10-6-7-11(18(22)23)13(20)8-10/h3-8,18,23H,2,9,22H2,1H3. The molecule has 0 bridgehead atoms. The van der Waals surface area contributed by atoms with Gasteiger partial charge in [-0.05, 0) is 31.2 Å². The van der Waals surface area contributed by atoms with E-state index in [9.17, 15) is 9.90 Å². The van der Waals surface area contributed by atoms with Crippen LogP contribution in [0.5, 0.6) is 5.75 Å². The number of aliphatic hydroxyl groups is 1. The smallest absolute Gasteiger partial charge is 0.348 e. The monoisotopic (exact) mass is 469 g/mol. The van der Waals surface area contributed by atoms with Crippen LogP contribution in [0, 0.1) is 0 Å². The Morgan fingerprint density at radius 2 is 2.15 bits per heavy atom. The van der Waals surface area contributed by atoms with E-state index in [1.807, 2.05) is 12.1 Å². The summed E-state index contributed by atoms with van der Waals surface area (Å²) in [4.78, 5) is 12.9. The number of esters is 1. The highest BCUT2D eigenvalue weighted by atomic mass is 79.9. The second-order valence-electron chi connectivity index (χ2n) is 5.66. The number of hydrogen-bond acceptors (Lipinski definition) is 6. The Morgan fingerprint density at radius 3 is 2.81 bits per heavy atom. The van der Waals surface area contributed by atoms with Crippen LogP contribution in [0.3, 0.4) is 0 Å². The molecule has 0 radical (unpaired) electrons. The average Bonchev–Trinajstić information content (AvgIpc) is 3.00. The lowest BCUT2D eigenvalue weighted by Gasteiger charge is -2.12. The number of thiophene rings is 1. The average molecular weight is 471 g/mol. The molecule has 0 spiro atoms. The van der Waals surface area contributed by atoms with Crippen LogP contribution in [0.4, 0.5) is 0 Å². The topological polar surface area (TPSA) is 81.8 Å². The zero-order valence-electron chi connectivity index (χ0n) is 14.4. The summed E-state index contributed by atoms with van der Waals surface area (Å²) in [5.41, 5.74) is 6.74. The third kappa shape index (κ3) is 4.28. The van der Waals surface area contributed by atoms with E-state index in [1.54, 1.807) is 31.2 Å². The molecule has 1 unspecified atom stereocenters. The highest BCUT2D eigenvalue weighted by Gasteiger charge is 2.21. The predicted molar refractivity (Wildman–Crippen MR) is 110 cm³/mol. The molecule has 0 aliphatic carbocycles. The number of aliphatic hydroxyl groups excluding tert-OH is 1. The summed E-state index contributed by atoms with van der Waals surface area (Å²) in [6.07, 6.45) is -1.08. The van der Waals surface area contributed by atoms with E-state index >= 15 is 0 Å². The molecule has 0 amide bonds. The van der Waals surface area contributed by atoms with Gasteiger partial charge in [0, 0.05) is 30.7 Å². The molecule has 0 saturated heterocycles. The number of benzene rings is 2. The lowest BCUT2D eigenvalue weighted by molar-refractivity contribution is 0.0529. The van der Waals surface area contributed by atoms with Gasteiger partial charge in [-0.2, -0.15) is 0 Å². The van der Waals surface area contributed by atoms with Crippen LogP contribution in [0.15, 0.2) is 40.9 Å². The third-order valence-electron chi connectivity index (χ3n) is 3.90. The number of fused-ring (bicyclic) bond motifs is 1. The van der Waals surface area contributed by atoms with E-state index in [1.165, 1.54) is 11.3 Å². The molecule has 0 fully saturated rings. The molecule has 3 rings (SSSR count). The van der Waals surface area contributed by atoms with Gasteiger partial charge in [0.2, 0.25) is 0 Å². The number of halogens is 2. The number of carbonyl (C=O) groups is 1. The maximum atomic E-state index is 12.4. The van der Waals surface area contributed by atoms with Gasteiger partial charge in [-0.25, -0.2) is 4.79 Å². The summed E-state index contributed by atoms with van der Waals surface area (Å²) in [5, 5.41) is 10.9. The summed E-state index contributed by atoms with van der Waals surface area (Å²) >= 11 is 11.1. The Morgan fingerprint density at radius 1 is 1.37 bits per heavy atom. The quantitative estimate of drug-likeness (QED) is 0.390. The summed E-state index contributed by atoms with van der Waals surface area (Å²) in [6, 6.07) is 10.6. The minimum atomic E-state index is -1.08. The summed E-state index contributed by atoms with van der Waals surface area (Å²) in [5.74, 6) is 0.170. The number of hydrogen-bond donors (Lipinski definition) is 2. The van der Waals surface area contributed by atoms with E-state index in [4.69, 9.17) is 26.8 Å². The number of nitrogens with two attached hydrogens (primary N) is 1. The molecule has 1 heterocycles. The van der Waals surface area contributed by atoms with Gasteiger partial charge in [0.25, 0.3) is 0 Å². The molecule has 5 nitrogen and oxygen atoms in total. The van der Waals surface area contributed by atoms with Gasteiger partial charge in [0.15, 0.2) is 0 Å². The Labute approximate surface area is 173 Å². The Bertz CT molecular complexity index is 989. The first-order valence-corrected chi connectivity index (χ1v) is 10.1. The number of ether oxygens (including phenoxy) is 2. The maximum absolute atomic E-state index is 12.4. The highest BCUT2D eigenvalue weighted by Crippen LogP contribution is 2.37. The third-order valence-corrected chi connectivity index (χ3v) is 6.08. The van der Waals surface area contributed by atoms with Crippen molar-refractivity contribution in [2.75, 3.05) is 6.61 Å². The molecule has 0 saturated carbocycles. The number of carbonyl (C=O) groups excluding carboxylic acids is 1. The van der Waals surface area contributed by atoms with Gasteiger partial charge in [-0.15, -0.1) is 11.3 Å². The molecule has 0 aliphatic heterocycles. The normalized spacial score (nSPS) is 12.2. The first-order valence-electron chi connectivity index (χ1n) is 8.15. The van der Waals surface area contributed by atoms with Crippen LogP contribution in [-0.4, -0.2) is 17.7 Å². The van der Waals surface area contributed by atoms with Crippen LogP contribution in [0.25, 0.3) is 10.1 Å². The van der Waals surface area contributed by atoms with Crippen molar-refractivity contribution in [1.82, 2.24) is 0 Å². The molecule has 3 N–H and O–H groups in total. The molecule has 3 aromatic rings. The van der Waals surface area contributed by atoms with E-state index in [-0.39, 0.29) is 13.2 Å². The highest BCUT2D eigenvalue weighted by molar-refractivity contribution is 9.10. The van der Waals surface area contributed by atoms with Crippen molar-refractivity contribution < 1.29 is 19.4 Å². The van der Waals surface area contributed by atoms with Crippen molar-refractivity contribution >= 4 is 54.9 Å². The fourth-order valence-corrected chi connectivity index (χ4v) is 4.72. The van der Waals surface area contributed by atoms with Gasteiger partial charge in [0.05, 0.1) is 6.61 Å². The zero-order valence-corrected chi connectivity index (χ0v) is 17.5. The van der Waals surface area contributed by atoms with Gasteiger partial charge in [0.1, 0.15) is 23.5 Å². The van der Waals surface area contributed by atoms with E-state index in [2.05, 4.69) is 15.9 Å². The lowest BCUT2D eigenvalue weighted by Crippen LogP contribution is -2.09. The Hall–Kier alpha value is -1.64. The van der Waals surface area contributed by atoms with Crippen molar-refractivity contribution in [2.45, 2.75) is 19.8 Å². The first-order chi connectivity index (χ1) is 12.9.